The summed E-state index contributed by atoms with van der Waals surface area (Å²) >= 11 is 0. The molecule has 0 bridgehead atoms. The lowest BCUT2D eigenvalue weighted by Crippen LogP contribution is -2.16. The van der Waals surface area contributed by atoms with Crippen LogP contribution in [-0.2, 0) is 0 Å². The Labute approximate surface area is 194 Å². The smallest absolute Gasteiger partial charge is 0.200 e. The summed E-state index contributed by atoms with van der Waals surface area (Å²) in [5.74, 6) is -14.6. The van der Waals surface area contributed by atoms with Crippen LogP contribution in [0.3, 0.4) is 0 Å². The average Bonchev–Trinajstić information content (AvgIpc) is 3.18. The topological polar surface area (TPSA) is 119 Å². The predicted octanol–water partition coefficient (Wildman–Crippen LogP) is 5.29. The van der Waals surface area contributed by atoms with E-state index < -0.39 is 46.5 Å². The van der Waals surface area contributed by atoms with Crippen LogP contribution in [-0.4, -0.2) is 0 Å². The lowest BCUT2D eigenvalue weighted by molar-refractivity contribution is 0.366. The highest BCUT2D eigenvalue weighted by atomic mass is 19.2. The van der Waals surface area contributed by atoms with Crippen LogP contribution >= 0.6 is 0 Å². The fourth-order valence-corrected chi connectivity index (χ4v) is 4.31. The highest BCUT2D eigenvalue weighted by Gasteiger charge is 2.41. The van der Waals surface area contributed by atoms with E-state index in [1.807, 2.05) is 12.1 Å². The van der Waals surface area contributed by atoms with Gasteiger partial charge >= 0.3 is 0 Å². The van der Waals surface area contributed by atoms with Gasteiger partial charge in [-0.2, -0.15) is 26.3 Å². The molecule has 0 heterocycles. The molecule has 35 heavy (non-hydrogen) atoms. The zero-order chi connectivity index (χ0) is 25.6. The monoisotopic (exact) mass is 471 g/mol. The third-order valence-corrected chi connectivity index (χ3v) is 5.85. The molecule has 3 aromatic carbocycles. The number of rotatable bonds is 2. The highest BCUT2D eigenvalue weighted by molar-refractivity contribution is 5.84. The van der Waals surface area contributed by atoms with Crippen molar-refractivity contribution in [3.05, 3.63) is 92.3 Å². The lowest BCUT2D eigenvalue weighted by atomic mass is 9.79. The minimum atomic E-state index is -2.39. The van der Waals surface area contributed by atoms with Gasteiger partial charge in [-0.1, -0.05) is 0 Å². The van der Waals surface area contributed by atoms with Crippen LogP contribution in [0.1, 0.15) is 50.8 Å². The van der Waals surface area contributed by atoms with Crippen LogP contribution in [0.4, 0.5) is 22.0 Å². The lowest BCUT2D eigenvalue weighted by Gasteiger charge is -2.22. The third-order valence-electron chi connectivity index (χ3n) is 5.85. The zero-order valence-electron chi connectivity index (χ0n) is 17.1. The first-order valence-corrected chi connectivity index (χ1v) is 9.61. The minimum absolute atomic E-state index is 0.0783. The number of benzene rings is 3. The second-order valence-electron chi connectivity index (χ2n) is 7.49. The predicted molar refractivity (Wildman–Crippen MR) is 107 cm³/mol. The number of hydrogen-bond acceptors (Lipinski definition) is 5. The summed E-state index contributed by atoms with van der Waals surface area (Å²) in [6.45, 7) is 0. The SMILES string of the molecule is N#Cc1cc2c(cc1C#N)C(C(C#N)c1c(F)c(F)c(F)c(F)c1F)c1cc(C#N)c(C#N)cc1-2. The molecule has 3 aromatic rings. The molecule has 0 aliphatic heterocycles. The van der Waals surface area contributed by atoms with Crippen LogP contribution < -0.4 is 0 Å². The van der Waals surface area contributed by atoms with Crippen LogP contribution in [0.5, 0.6) is 0 Å². The molecule has 0 saturated heterocycles. The molecule has 1 aliphatic rings. The van der Waals surface area contributed by atoms with Crippen molar-refractivity contribution in [2.24, 2.45) is 0 Å². The van der Waals surface area contributed by atoms with E-state index in [1.165, 1.54) is 24.3 Å². The Balaban J connectivity index is 2.13. The first-order valence-electron chi connectivity index (χ1n) is 9.61. The van der Waals surface area contributed by atoms with Gasteiger partial charge < -0.3 is 0 Å². The number of halogens is 5. The van der Waals surface area contributed by atoms with E-state index in [0.29, 0.717) is 0 Å². The molecule has 0 saturated carbocycles. The van der Waals surface area contributed by atoms with Gasteiger partial charge in [0.1, 0.15) is 24.3 Å². The van der Waals surface area contributed by atoms with Crippen LogP contribution in [0.15, 0.2) is 24.3 Å². The number of nitriles is 5. The molecule has 0 amide bonds. The molecule has 0 aromatic heterocycles. The molecule has 5 nitrogen and oxygen atoms in total. The van der Waals surface area contributed by atoms with Crippen molar-refractivity contribution in [2.75, 3.05) is 0 Å². The van der Waals surface area contributed by atoms with Gasteiger partial charge in [-0.05, 0) is 46.5 Å². The summed E-state index contributed by atoms with van der Waals surface area (Å²) in [7, 11) is 0. The summed E-state index contributed by atoms with van der Waals surface area (Å²) in [5, 5.41) is 47.6. The highest BCUT2D eigenvalue weighted by Crippen LogP contribution is 2.53. The number of nitrogens with zero attached hydrogens (tertiary/aromatic N) is 5. The fraction of sp³-hybridized carbons (Fsp3) is 0.0800. The summed E-state index contributed by atoms with van der Waals surface area (Å²) in [6, 6.07) is 13.7. The van der Waals surface area contributed by atoms with Crippen molar-refractivity contribution in [1.82, 2.24) is 0 Å². The molecular formula is C25H6F5N5. The molecule has 4 rings (SSSR count). The van der Waals surface area contributed by atoms with Crippen molar-refractivity contribution in [1.29, 1.82) is 26.3 Å². The van der Waals surface area contributed by atoms with Gasteiger partial charge in [-0.15, -0.1) is 0 Å². The molecule has 0 spiro atoms. The van der Waals surface area contributed by atoms with E-state index >= 15 is 0 Å². The molecule has 0 radical (unpaired) electrons. The zero-order valence-corrected chi connectivity index (χ0v) is 17.1. The molecule has 1 atom stereocenters. The van der Waals surface area contributed by atoms with E-state index in [9.17, 15) is 48.3 Å². The van der Waals surface area contributed by atoms with Gasteiger partial charge in [0.05, 0.1) is 34.2 Å². The normalized spacial score (nSPS) is 12.3. The third kappa shape index (κ3) is 3.16. The molecule has 1 aliphatic carbocycles. The molecule has 1 unspecified atom stereocenters. The maximum absolute atomic E-state index is 14.7. The Bertz CT molecular complexity index is 1570. The van der Waals surface area contributed by atoms with Gasteiger partial charge in [0.25, 0.3) is 0 Å². The molecule has 0 N–H and O–H groups in total. The Morgan fingerprint density at radius 3 is 1.23 bits per heavy atom. The Morgan fingerprint density at radius 2 is 0.886 bits per heavy atom. The maximum Gasteiger partial charge on any atom is 0.200 e. The molecule has 10 heteroatoms. The molecule has 0 fully saturated rings. The summed E-state index contributed by atoms with van der Waals surface area (Å²) < 4.78 is 71.0. The van der Waals surface area contributed by atoms with Gasteiger partial charge in [-0.3, -0.25) is 0 Å². The summed E-state index contributed by atoms with van der Waals surface area (Å²) in [6.07, 6.45) is 0. The quantitative estimate of drug-likeness (QED) is 0.286. The van der Waals surface area contributed by atoms with Crippen molar-refractivity contribution >= 4 is 0 Å². The van der Waals surface area contributed by atoms with E-state index in [1.54, 1.807) is 18.2 Å². The Hall–Kier alpha value is -5.24. The maximum atomic E-state index is 14.7. The summed E-state index contributed by atoms with van der Waals surface area (Å²) in [4.78, 5) is 0. The van der Waals surface area contributed by atoms with Crippen LogP contribution in [0.25, 0.3) is 11.1 Å². The van der Waals surface area contributed by atoms with Crippen LogP contribution in [0, 0.1) is 85.7 Å². The van der Waals surface area contributed by atoms with Crippen molar-refractivity contribution in [3.8, 4) is 41.5 Å². The number of hydrogen-bond donors (Lipinski definition) is 0. The van der Waals surface area contributed by atoms with E-state index in [4.69, 9.17) is 0 Å². The second-order valence-corrected chi connectivity index (χ2v) is 7.49. The Kier molecular flexibility index (Phi) is 5.42. The van der Waals surface area contributed by atoms with E-state index in [0.717, 1.165) is 0 Å². The standard InChI is InChI=1S/C25H6F5N5/c26-21-20(22(27)24(29)25(30)23(21)28)18(9-35)19-16-3-12(7-33)10(5-31)1-14(16)15-2-11(6-32)13(8-34)4-17(15)19/h1-4,18-19H. The minimum Gasteiger partial charge on any atom is -0.203 e. The first kappa shape index (κ1) is 22.9. The van der Waals surface area contributed by atoms with Gasteiger partial charge in [0.15, 0.2) is 23.3 Å². The first-order chi connectivity index (χ1) is 16.7. The van der Waals surface area contributed by atoms with Crippen LogP contribution in [0.2, 0.25) is 0 Å². The van der Waals surface area contributed by atoms with Crippen molar-refractivity contribution in [2.45, 2.75) is 11.8 Å². The fourth-order valence-electron chi connectivity index (χ4n) is 4.31. The second kappa shape index (κ2) is 8.27. The molecule has 166 valence electrons. The van der Waals surface area contributed by atoms with Gasteiger partial charge in [-0.25, -0.2) is 22.0 Å². The number of fused-ring (bicyclic) bond motifs is 3. The van der Waals surface area contributed by atoms with Crippen molar-refractivity contribution in [3.63, 3.8) is 0 Å². The Morgan fingerprint density at radius 1 is 0.543 bits per heavy atom. The largest absolute Gasteiger partial charge is 0.203 e. The van der Waals surface area contributed by atoms with Crippen molar-refractivity contribution < 1.29 is 22.0 Å². The van der Waals surface area contributed by atoms with E-state index in [2.05, 4.69) is 0 Å². The summed E-state index contributed by atoms with van der Waals surface area (Å²) in [5.41, 5.74) is -1.24. The van der Waals surface area contributed by atoms with Gasteiger partial charge in [0, 0.05) is 11.5 Å². The molecular weight excluding hydrogens is 465 g/mol. The average molecular weight is 471 g/mol. The van der Waals surface area contributed by atoms with Gasteiger partial charge in [0.2, 0.25) is 5.82 Å². The van der Waals surface area contributed by atoms with E-state index in [-0.39, 0.29) is 44.5 Å².